The van der Waals surface area contributed by atoms with E-state index in [4.69, 9.17) is 0 Å². The minimum atomic E-state index is -3.46. The van der Waals surface area contributed by atoms with E-state index in [1.807, 2.05) is 42.5 Å². The largest absolute Gasteiger partial charge is 0.241 e. The second kappa shape index (κ2) is 4.79. The van der Waals surface area contributed by atoms with Crippen molar-refractivity contribution in [2.24, 2.45) is 0 Å². The number of hydrogen-bond acceptors (Lipinski definition) is 2. The number of benzene rings is 2. The average Bonchev–Trinajstić information content (AvgIpc) is 2.90. The van der Waals surface area contributed by atoms with Gasteiger partial charge in [-0.2, -0.15) is 0 Å². The van der Waals surface area contributed by atoms with Crippen LogP contribution in [0.15, 0.2) is 59.5 Å². The van der Waals surface area contributed by atoms with Crippen LogP contribution in [-0.4, -0.2) is 14.5 Å². The molecule has 0 bridgehead atoms. The van der Waals surface area contributed by atoms with Crippen molar-refractivity contribution in [1.29, 1.82) is 0 Å². The quantitative estimate of drug-likeness (QED) is 0.874. The van der Waals surface area contributed by atoms with E-state index in [1.54, 1.807) is 12.1 Å². The molecule has 19 heavy (non-hydrogen) atoms. The number of nitrogens with one attached hydrogen (secondary N) is 1. The van der Waals surface area contributed by atoms with Gasteiger partial charge < -0.3 is 0 Å². The normalized spacial score (nSPS) is 16.2. The molecule has 0 unspecified atom stereocenters. The first-order valence-electron chi connectivity index (χ1n) is 6.32. The van der Waals surface area contributed by atoms with Crippen LogP contribution in [0.5, 0.6) is 0 Å². The molecule has 98 valence electrons. The first kappa shape index (κ1) is 12.4. The third-order valence-electron chi connectivity index (χ3n) is 3.37. The maximum absolute atomic E-state index is 12.5. The summed E-state index contributed by atoms with van der Waals surface area (Å²) in [5, 5.41) is 1.71. The van der Waals surface area contributed by atoms with Crippen molar-refractivity contribution in [2.45, 2.75) is 23.8 Å². The second-order valence-electron chi connectivity index (χ2n) is 4.74. The molecule has 0 fully saturated rings. The van der Waals surface area contributed by atoms with Crippen LogP contribution in [0.4, 0.5) is 0 Å². The fourth-order valence-electron chi connectivity index (χ4n) is 2.43. The average molecular weight is 273 g/mol. The SMILES string of the molecule is O=S(=O)(NC1CC=CC1)c1cccc2ccccc12. The molecular weight excluding hydrogens is 258 g/mol. The molecule has 3 nitrogen and oxygen atoms in total. The van der Waals surface area contributed by atoms with E-state index in [0.29, 0.717) is 4.90 Å². The molecule has 3 rings (SSSR count). The van der Waals surface area contributed by atoms with E-state index < -0.39 is 10.0 Å². The van der Waals surface area contributed by atoms with Crippen LogP contribution in [0, 0.1) is 0 Å². The van der Waals surface area contributed by atoms with Crippen molar-refractivity contribution in [3.05, 3.63) is 54.6 Å². The second-order valence-corrected chi connectivity index (χ2v) is 6.42. The Morgan fingerprint density at radius 3 is 2.42 bits per heavy atom. The molecule has 0 atom stereocenters. The summed E-state index contributed by atoms with van der Waals surface area (Å²) in [5.41, 5.74) is 0. The highest BCUT2D eigenvalue weighted by molar-refractivity contribution is 7.89. The molecule has 0 spiro atoms. The van der Waals surface area contributed by atoms with E-state index >= 15 is 0 Å². The van der Waals surface area contributed by atoms with Crippen LogP contribution in [0.3, 0.4) is 0 Å². The Hall–Kier alpha value is -1.65. The van der Waals surface area contributed by atoms with Crippen molar-refractivity contribution in [3.63, 3.8) is 0 Å². The van der Waals surface area contributed by atoms with Gasteiger partial charge in [-0.25, -0.2) is 13.1 Å². The van der Waals surface area contributed by atoms with Gasteiger partial charge in [0.05, 0.1) is 4.90 Å². The number of sulfonamides is 1. The molecule has 0 saturated carbocycles. The van der Waals surface area contributed by atoms with Gasteiger partial charge in [-0.05, 0) is 24.3 Å². The highest BCUT2D eigenvalue weighted by Crippen LogP contribution is 2.23. The number of fused-ring (bicyclic) bond motifs is 1. The highest BCUT2D eigenvalue weighted by Gasteiger charge is 2.22. The topological polar surface area (TPSA) is 46.2 Å². The summed E-state index contributed by atoms with van der Waals surface area (Å²) < 4.78 is 27.7. The fraction of sp³-hybridized carbons (Fsp3) is 0.200. The van der Waals surface area contributed by atoms with Crippen molar-refractivity contribution in [2.75, 3.05) is 0 Å². The van der Waals surface area contributed by atoms with E-state index in [0.717, 1.165) is 23.6 Å². The summed E-state index contributed by atoms with van der Waals surface area (Å²) in [5.74, 6) is 0. The van der Waals surface area contributed by atoms with Crippen molar-refractivity contribution in [3.8, 4) is 0 Å². The van der Waals surface area contributed by atoms with Gasteiger partial charge >= 0.3 is 0 Å². The Kier molecular flexibility index (Phi) is 3.12. The molecule has 1 aliphatic rings. The van der Waals surface area contributed by atoms with Crippen molar-refractivity contribution in [1.82, 2.24) is 4.72 Å². The van der Waals surface area contributed by atoms with Gasteiger partial charge in [0.1, 0.15) is 0 Å². The minimum Gasteiger partial charge on any atom is -0.207 e. The van der Waals surface area contributed by atoms with Gasteiger partial charge in [-0.1, -0.05) is 48.6 Å². The summed E-state index contributed by atoms with van der Waals surface area (Å²) in [7, 11) is -3.46. The predicted octanol–water partition coefficient (Wildman–Crippen LogP) is 2.84. The molecule has 0 radical (unpaired) electrons. The molecule has 2 aromatic rings. The van der Waals surface area contributed by atoms with Crippen molar-refractivity contribution >= 4 is 20.8 Å². The molecule has 0 aromatic heterocycles. The summed E-state index contributed by atoms with van der Waals surface area (Å²) >= 11 is 0. The van der Waals surface area contributed by atoms with Crippen LogP contribution in [0.25, 0.3) is 10.8 Å². The summed E-state index contributed by atoms with van der Waals surface area (Å²) in [4.78, 5) is 0.359. The third-order valence-corrected chi connectivity index (χ3v) is 4.95. The molecule has 0 saturated heterocycles. The Bertz CT molecular complexity index is 721. The van der Waals surface area contributed by atoms with Crippen LogP contribution in [-0.2, 0) is 10.0 Å². The first-order chi connectivity index (χ1) is 9.17. The molecule has 4 heteroatoms. The van der Waals surface area contributed by atoms with Crippen molar-refractivity contribution < 1.29 is 8.42 Å². The smallest absolute Gasteiger partial charge is 0.207 e. The zero-order valence-corrected chi connectivity index (χ0v) is 11.2. The lowest BCUT2D eigenvalue weighted by Crippen LogP contribution is -2.32. The number of hydrogen-bond donors (Lipinski definition) is 1. The van der Waals surface area contributed by atoms with Crippen LogP contribution in [0.1, 0.15) is 12.8 Å². The van der Waals surface area contributed by atoms with Gasteiger partial charge in [0.15, 0.2) is 0 Å². The van der Waals surface area contributed by atoms with Crippen LogP contribution < -0.4 is 4.72 Å². The Balaban J connectivity index is 2.03. The van der Waals surface area contributed by atoms with Crippen LogP contribution >= 0.6 is 0 Å². The lowest BCUT2D eigenvalue weighted by molar-refractivity contribution is 0.558. The first-order valence-corrected chi connectivity index (χ1v) is 7.80. The summed E-state index contributed by atoms with van der Waals surface area (Å²) in [6.45, 7) is 0. The van der Waals surface area contributed by atoms with Gasteiger partial charge in [0.25, 0.3) is 0 Å². The molecule has 1 N–H and O–H groups in total. The summed E-state index contributed by atoms with van der Waals surface area (Å²) in [6.07, 6.45) is 5.56. The molecule has 1 aliphatic carbocycles. The maximum atomic E-state index is 12.5. The lowest BCUT2D eigenvalue weighted by Gasteiger charge is -2.14. The van der Waals surface area contributed by atoms with E-state index in [9.17, 15) is 8.42 Å². The van der Waals surface area contributed by atoms with E-state index in [2.05, 4.69) is 4.72 Å². The van der Waals surface area contributed by atoms with E-state index in [-0.39, 0.29) is 6.04 Å². The highest BCUT2D eigenvalue weighted by atomic mass is 32.2. The number of rotatable bonds is 3. The zero-order valence-electron chi connectivity index (χ0n) is 10.4. The molecular formula is C15H15NO2S. The third kappa shape index (κ3) is 2.41. The maximum Gasteiger partial charge on any atom is 0.241 e. The van der Waals surface area contributed by atoms with E-state index in [1.165, 1.54) is 0 Å². The van der Waals surface area contributed by atoms with Gasteiger partial charge in [-0.3, -0.25) is 0 Å². The lowest BCUT2D eigenvalue weighted by atomic mass is 10.1. The standard InChI is InChI=1S/C15H15NO2S/c17-19(18,16-13-8-2-3-9-13)15-11-5-7-12-6-1-4-10-14(12)15/h1-7,10-11,13,16H,8-9H2. The minimum absolute atomic E-state index is 0.0102. The fourth-order valence-corrected chi connectivity index (χ4v) is 3.92. The Morgan fingerprint density at radius 2 is 1.63 bits per heavy atom. The van der Waals surface area contributed by atoms with Gasteiger partial charge in [0, 0.05) is 11.4 Å². The Morgan fingerprint density at radius 1 is 0.947 bits per heavy atom. The van der Waals surface area contributed by atoms with Crippen LogP contribution in [0.2, 0.25) is 0 Å². The zero-order chi connectivity index (χ0) is 13.3. The van der Waals surface area contributed by atoms with Gasteiger partial charge in [-0.15, -0.1) is 0 Å². The molecule has 2 aromatic carbocycles. The van der Waals surface area contributed by atoms with Gasteiger partial charge in [0.2, 0.25) is 10.0 Å². The monoisotopic (exact) mass is 273 g/mol. The molecule has 0 heterocycles. The summed E-state index contributed by atoms with van der Waals surface area (Å²) in [6, 6.07) is 12.9. The predicted molar refractivity (Wildman–Crippen MR) is 76.4 cm³/mol. The molecule has 0 amide bonds. The Labute approximate surface area is 113 Å². The molecule has 0 aliphatic heterocycles.